The van der Waals surface area contributed by atoms with Crippen LogP contribution in [0, 0.1) is 0 Å². The van der Waals surface area contributed by atoms with Crippen LogP contribution in [0.1, 0.15) is 37.7 Å². The van der Waals surface area contributed by atoms with Crippen molar-refractivity contribution in [2.24, 2.45) is 0 Å². The van der Waals surface area contributed by atoms with Gasteiger partial charge in [-0.1, -0.05) is 42.7 Å². The summed E-state index contributed by atoms with van der Waals surface area (Å²) in [4.78, 5) is 0. The van der Waals surface area contributed by atoms with Gasteiger partial charge in [0, 0.05) is 11.1 Å². The lowest BCUT2D eigenvalue weighted by molar-refractivity contribution is 0.487. The highest BCUT2D eigenvalue weighted by molar-refractivity contribution is 6.30. The van der Waals surface area contributed by atoms with Crippen LogP contribution in [0.15, 0.2) is 36.9 Å². The molecule has 0 saturated carbocycles. The van der Waals surface area contributed by atoms with Crippen molar-refractivity contribution in [2.75, 3.05) is 7.05 Å². The summed E-state index contributed by atoms with van der Waals surface area (Å²) < 4.78 is 0. The average molecular weight is 266 g/mol. The quantitative estimate of drug-likeness (QED) is 0.508. The molecule has 1 nitrogen and oxygen atoms in total. The molecule has 2 heteroatoms. The second-order valence-corrected chi connectivity index (χ2v) is 5.18. The van der Waals surface area contributed by atoms with Crippen molar-refractivity contribution in [3.63, 3.8) is 0 Å². The highest BCUT2D eigenvalue weighted by Crippen LogP contribution is 2.14. The number of nitrogens with one attached hydrogen (secondary N) is 1. The second kappa shape index (κ2) is 9.18. The summed E-state index contributed by atoms with van der Waals surface area (Å²) in [7, 11) is 2.04. The van der Waals surface area contributed by atoms with Crippen LogP contribution < -0.4 is 5.32 Å². The fourth-order valence-corrected chi connectivity index (χ4v) is 2.37. The van der Waals surface area contributed by atoms with Gasteiger partial charge in [-0.2, -0.15) is 0 Å². The Bertz CT molecular complexity index is 349. The Morgan fingerprint density at radius 1 is 1.33 bits per heavy atom. The van der Waals surface area contributed by atoms with Gasteiger partial charge in [-0.05, 0) is 50.4 Å². The van der Waals surface area contributed by atoms with E-state index in [2.05, 4.69) is 24.0 Å². The molecule has 1 N–H and O–H groups in total. The summed E-state index contributed by atoms with van der Waals surface area (Å²) in [6.07, 6.45) is 9.25. The molecule has 0 aromatic heterocycles. The molecular formula is C16H24ClN. The second-order valence-electron chi connectivity index (χ2n) is 4.75. The van der Waals surface area contributed by atoms with Crippen LogP contribution in [0.25, 0.3) is 0 Å². The van der Waals surface area contributed by atoms with E-state index < -0.39 is 0 Å². The minimum Gasteiger partial charge on any atom is -0.317 e. The third kappa shape index (κ3) is 6.23. The minimum absolute atomic E-state index is 0.548. The van der Waals surface area contributed by atoms with E-state index in [-0.39, 0.29) is 0 Å². The van der Waals surface area contributed by atoms with E-state index in [1.54, 1.807) is 0 Å². The number of unbranched alkanes of at least 4 members (excludes halogenated alkanes) is 3. The van der Waals surface area contributed by atoms with Gasteiger partial charge in [0.1, 0.15) is 0 Å². The lowest BCUT2D eigenvalue weighted by Gasteiger charge is -2.16. The first kappa shape index (κ1) is 15.3. The first-order chi connectivity index (χ1) is 8.76. The Labute approximate surface area is 116 Å². The Kier molecular flexibility index (Phi) is 7.79. The van der Waals surface area contributed by atoms with Gasteiger partial charge in [0.05, 0.1) is 0 Å². The lowest BCUT2D eigenvalue weighted by atomic mass is 10.00. The van der Waals surface area contributed by atoms with E-state index >= 15 is 0 Å². The molecule has 0 spiro atoms. The molecule has 0 saturated heterocycles. The molecular weight excluding hydrogens is 242 g/mol. The van der Waals surface area contributed by atoms with Crippen LogP contribution in [0.5, 0.6) is 0 Å². The smallest absolute Gasteiger partial charge is 0.0408 e. The maximum Gasteiger partial charge on any atom is 0.0408 e. The van der Waals surface area contributed by atoms with E-state index in [9.17, 15) is 0 Å². The molecule has 1 rings (SSSR count). The molecule has 18 heavy (non-hydrogen) atoms. The summed E-state index contributed by atoms with van der Waals surface area (Å²) in [6, 6.07) is 8.70. The average Bonchev–Trinajstić information content (AvgIpc) is 2.37. The van der Waals surface area contributed by atoms with Crippen molar-refractivity contribution in [3.05, 3.63) is 47.5 Å². The summed E-state index contributed by atoms with van der Waals surface area (Å²) in [5, 5.41) is 4.22. The molecule has 0 heterocycles. The van der Waals surface area contributed by atoms with E-state index in [1.165, 1.54) is 31.2 Å². The zero-order chi connectivity index (χ0) is 13.2. The van der Waals surface area contributed by atoms with E-state index in [1.807, 2.05) is 25.3 Å². The molecule has 0 aliphatic carbocycles. The fourth-order valence-electron chi connectivity index (χ4n) is 2.15. The van der Waals surface area contributed by atoms with Crippen molar-refractivity contribution < 1.29 is 0 Å². The Hall–Kier alpha value is -0.790. The van der Waals surface area contributed by atoms with Gasteiger partial charge < -0.3 is 5.32 Å². The predicted octanol–water partition coefficient (Wildman–Crippen LogP) is 4.61. The van der Waals surface area contributed by atoms with Gasteiger partial charge in [0.15, 0.2) is 0 Å². The first-order valence-electron chi connectivity index (χ1n) is 6.79. The highest BCUT2D eigenvalue weighted by atomic mass is 35.5. The van der Waals surface area contributed by atoms with Gasteiger partial charge in [-0.15, -0.1) is 6.58 Å². The zero-order valence-electron chi connectivity index (χ0n) is 11.3. The molecule has 1 aromatic rings. The van der Waals surface area contributed by atoms with Crippen LogP contribution in [-0.4, -0.2) is 13.1 Å². The monoisotopic (exact) mass is 265 g/mol. The number of halogens is 1. The van der Waals surface area contributed by atoms with Crippen molar-refractivity contribution in [3.8, 4) is 0 Å². The largest absolute Gasteiger partial charge is 0.317 e. The number of allylic oxidation sites excluding steroid dienone is 1. The Morgan fingerprint density at radius 2 is 2.17 bits per heavy atom. The van der Waals surface area contributed by atoms with E-state index in [0.29, 0.717) is 6.04 Å². The van der Waals surface area contributed by atoms with Crippen molar-refractivity contribution in [2.45, 2.75) is 44.6 Å². The Morgan fingerprint density at radius 3 is 2.83 bits per heavy atom. The third-order valence-corrected chi connectivity index (χ3v) is 3.48. The molecule has 0 amide bonds. The van der Waals surface area contributed by atoms with Crippen LogP contribution in [-0.2, 0) is 6.42 Å². The summed E-state index contributed by atoms with van der Waals surface area (Å²) in [5.41, 5.74) is 1.31. The molecule has 1 aromatic carbocycles. The maximum absolute atomic E-state index is 6.00. The summed E-state index contributed by atoms with van der Waals surface area (Å²) in [5.74, 6) is 0. The van der Waals surface area contributed by atoms with Gasteiger partial charge >= 0.3 is 0 Å². The van der Waals surface area contributed by atoms with Gasteiger partial charge in [0.25, 0.3) is 0 Å². The zero-order valence-corrected chi connectivity index (χ0v) is 12.0. The standard InChI is InChI=1S/C16H24ClN/c1-3-4-5-6-7-11-16(18-2)13-14-9-8-10-15(17)12-14/h3,8-10,12,16,18H,1,4-7,11,13H2,2H3. The SMILES string of the molecule is C=CCCCCCC(Cc1cccc(Cl)c1)NC. The van der Waals surface area contributed by atoms with Crippen LogP contribution in [0.4, 0.5) is 0 Å². The van der Waals surface area contributed by atoms with E-state index in [4.69, 9.17) is 11.6 Å². The summed E-state index contributed by atoms with van der Waals surface area (Å²) >= 11 is 6.00. The molecule has 100 valence electrons. The molecule has 1 unspecified atom stereocenters. The lowest BCUT2D eigenvalue weighted by Crippen LogP contribution is -2.27. The highest BCUT2D eigenvalue weighted by Gasteiger charge is 2.07. The van der Waals surface area contributed by atoms with Gasteiger partial charge in [0.2, 0.25) is 0 Å². The predicted molar refractivity (Wildman–Crippen MR) is 81.3 cm³/mol. The van der Waals surface area contributed by atoms with Crippen molar-refractivity contribution in [1.29, 1.82) is 0 Å². The molecule has 0 aliphatic rings. The van der Waals surface area contributed by atoms with Crippen molar-refractivity contribution >= 4 is 11.6 Å². The van der Waals surface area contributed by atoms with Crippen LogP contribution in [0.3, 0.4) is 0 Å². The molecule has 0 fully saturated rings. The summed E-state index contributed by atoms with van der Waals surface area (Å²) in [6.45, 7) is 3.75. The van der Waals surface area contributed by atoms with Gasteiger partial charge in [-0.3, -0.25) is 0 Å². The maximum atomic E-state index is 6.00. The first-order valence-corrected chi connectivity index (χ1v) is 7.16. The number of hydrogen-bond donors (Lipinski definition) is 1. The van der Waals surface area contributed by atoms with Gasteiger partial charge in [-0.25, -0.2) is 0 Å². The molecule has 0 aliphatic heterocycles. The van der Waals surface area contributed by atoms with E-state index in [0.717, 1.165) is 17.9 Å². The van der Waals surface area contributed by atoms with Crippen LogP contribution in [0.2, 0.25) is 5.02 Å². The van der Waals surface area contributed by atoms with Crippen molar-refractivity contribution in [1.82, 2.24) is 5.32 Å². The molecule has 0 radical (unpaired) electrons. The number of hydrogen-bond acceptors (Lipinski definition) is 1. The topological polar surface area (TPSA) is 12.0 Å². The minimum atomic E-state index is 0.548. The Balaban J connectivity index is 2.30. The fraction of sp³-hybridized carbons (Fsp3) is 0.500. The molecule has 0 bridgehead atoms. The number of benzene rings is 1. The van der Waals surface area contributed by atoms with Crippen LogP contribution >= 0.6 is 11.6 Å². The number of likely N-dealkylation sites (N-methyl/N-ethyl adjacent to an activating group) is 1. The molecule has 1 atom stereocenters. The normalized spacial score (nSPS) is 12.3. The third-order valence-electron chi connectivity index (χ3n) is 3.24. The number of rotatable bonds is 9.